The van der Waals surface area contributed by atoms with E-state index in [4.69, 9.17) is 18.9 Å². The van der Waals surface area contributed by atoms with Gasteiger partial charge in [-0.15, -0.1) is 0 Å². The highest BCUT2D eigenvalue weighted by Gasteiger charge is 2.08. The van der Waals surface area contributed by atoms with Crippen LogP contribution in [0.2, 0.25) is 0 Å². The Bertz CT molecular complexity index is 1190. The van der Waals surface area contributed by atoms with E-state index in [1.54, 1.807) is 35.2 Å². The predicted molar refractivity (Wildman–Crippen MR) is 139 cm³/mol. The van der Waals surface area contributed by atoms with Crippen molar-refractivity contribution in [3.05, 3.63) is 105 Å². The third-order valence-corrected chi connectivity index (χ3v) is 7.01. The van der Waals surface area contributed by atoms with E-state index in [2.05, 4.69) is 21.5 Å². The van der Waals surface area contributed by atoms with Gasteiger partial charge in [0.25, 0.3) is 0 Å². The molecule has 1 aliphatic heterocycles. The summed E-state index contributed by atoms with van der Waals surface area (Å²) in [4.78, 5) is 0. The lowest BCUT2D eigenvalue weighted by atomic mass is 10.1. The standard InChI is InChI=1S/C28H24O4S2/c1-2-6-26-25(5-1)29-13-9-21-17-33-19-23(21)11-15-31-27-7-3-4-8-28(27)32-16-12-24-20-34-18-22(24)10-14-30-26/h1-9,12-13,16-20H,10-11,14-15H2/b13-9-,16-12-. The summed E-state index contributed by atoms with van der Waals surface area (Å²) in [6.45, 7) is 1.10. The third-order valence-electron chi connectivity index (χ3n) is 5.39. The number of fused-ring (bicyclic) bond motifs is 4. The van der Waals surface area contributed by atoms with Crippen molar-refractivity contribution in [3.8, 4) is 23.0 Å². The van der Waals surface area contributed by atoms with Gasteiger partial charge in [0.15, 0.2) is 23.0 Å². The van der Waals surface area contributed by atoms with Gasteiger partial charge in [0.1, 0.15) is 0 Å². The average Bonchev–Trinajstić information content (AvgIpc) is 3.50. The first-order valence-electron chi connectivity index (χ1n) is 11.1. The third kappa shape index (κ3) is 5.53. The predicted octanol–water partition coefficient (Wildman–Crippen LogP) is 7.47. The first-order valence-corrected chi connectivity index (χ1v) is 13.0. The zero-order valence-electron chi connectivity index (χ0n) is 18.5. The van der Waals surface area contributed by atoms with Crippen LogP contribution in [-0.4, -0.2) is 13.2 Å². The summed E-state index contributed by atoms with van der Waals surface area (Å²) in [5, 5.41) is 8.53. The van der Waals surface area contributed by atoms with Crippen molar-refractivity contribution >= 4 is 34.8 Å². The normalized spacial score (nSPS) is 16.0. The van der Waals surface area contributed by atoms with E-state index in [1.807, 2.05) is 60.7 Å². The zero-order valence-corrected chi connectivity index (χ0v) is 20.1. The number of benzene rings is 2. The highest BCUT2D eigenvalue weighted by atomic mass is 32.1. The average molecular weight is 489 g/mol. The van der Waals surface area contributed by atoms with Gasteiger partial charge in [-0.1, -0.05) is 24.3 Å². The van der Waals surface area contributed by atoms with E-state index < -0.39 is 0 Å². The van der Waals surface area contributed by atoms with Crippen LogP contribution in [0.5, 0.6) is 23.0 Å². The molecule has 0 saturated heterocycles. The molecule has 0 saturated carbocycles. The molecule has 0 atom stereocenters. The Labute approximate surface area is 207 Å². The lowest BCUT2D eigenvalue weighted by Gasteiger charge is -2.11. The Balaban J connectivity index is 1.40. The molecule has 5 rings (SSSR count). The van der Waals surface area contributed by atoms with Crippen LogP contribution in [0, 0.1) is 0 Å². The molecule has 0 bridgehead atoms. The second-order valence-corrected chi connectivity index (χ2v) is 9.12. The maximum Gasteiger partial charge on any atom is 0.168 e. The van der Waals surface area contributed by atoms with Crippen LogP contribution in [0.3, 0.4) is 0 Å². The van der Waals surface area contributed by atoms with Crippen LogP contribution in [0.4, 0.5) is 0 Å². The first kappa shape index (κ1) is 22.3. The monoisotopic (exact) mass is 488 g/mol. The maximum atomic E-state index is 6.07. The molecule has 34 heavy (non-hydrogen) atoms. The van der Waals surface area contributed by atoms with Crippen LogP contribution in [0.15, 0.2) is 82.6 Å². The van der Waals surface area contributed by atoms with Gasteiger partial charge in [-0.2, -0.15) is 22.7 Å². The van der Waals surface area contributed by atoms with E-state index in [1.165, 1.54) is 11.1 Å². The number of ether oxygens (including phenoxy) is 4. The fourth-order valence-electron chi connectivity index (χ4n) is 3.60. The van der Waals surface area contributed by atoms with E-state index in [0.717, 1.165) is 35.5 Å². The van der Waals surface area contributed by atoms with Crippen LogP contribution < -0.4 is 18.9 Å². The summed E-state index contributed by atoms with van der Waals surface area (Å²) in [6.07, 6.45) is 8.98. The molecule has 172 valence electrons. The van der Waals surface area contributed by atoms with Gasteiger partial charge in [0.05, 0.1) is 25.7 Å². The number of hydrogen-bond acceptors (Lipinski definition) is 6. The highest BCUT2D eigenvalue weighted by Crippen LogP contribution is 2.29. The molecule has 0 N–H and O–H groups in total. The van der Waals surface area contributed by atoms with Gasteiger partial charge in [0, 0.05) is 12.8 Å². The fourth-order valence-corrected chi connectivity index (χ4v) is 5.33. The van der Waals surface area contributed by atoms with Crippen molar-refractivity contribution in [2.45, 2.75) is 12.8 Å². The minimum Gasteiger partial charge on any atom is -0.489 e. The first-order chi connectivity index (χ1) is 16.9. The Morgan fingerprint density at radius 2 is 0.971 bits per heavy atom. The fraction of sp³-hybridized carbons (Fsp3) is 0.143. The summed E-state index contributed by atoms with van der Waals surface area (Å²) in [6, 6.07) is 15.5. The van der Waals surface area contributed by atoms with Gasteiger partial charge >= 0.3 is 0 Å². The molecule has 2 aromatic heterocycles. The van der Waals surface area contributed by atoms with Crippen molar-refractivity contribution < 1.29 is 18.9 Å². The van der Waals surface area contributed by atoms with Crippen molar-refractivity contribution in [2.75, 3.05) is 13.2 Å². The van der Waals surface area contributed by atoms with Crippen LogP contribution >= 0.6 is 22.7 Å². The van der Waals surface area contributed by atoms with E-state index in [-0.39, 0.29) is 0 Å². The number of para-hydroxylation sites is 4. The van der Waals surface area contributed by atoms with Gasteiger partial charge < -0.3 is 18.9 Å². The number of hydrogen-bond donors (Lipinski definition) is 0. The molecule has 0 amide bonds. The molecule has 1 aliphatic rings. The van der Waals surface area contributed by atoms with Crippen molar-refractivity contribution in [2.24, 2.45) is 0 Å². The maximum absolute atomic E-state index is 6.07. The molecule has 0 spiro atoms. The summed E-state index contributed by atoms with van der Waals surface area (Å²) >= 11 is 3.34. The molecule has 0 radical (unpaired) electrons. The molecule has 0 aliphatic carbocycles. The Morgan fingerprint density at radius 1 is 0.529 bits per heavy atom. The highest BCUT2D eigenvalue weighted by molar-refractivity contribution is 7.08. The molecule has 3 heterocycles. The van der Waals surface area contributed by atoms with E-state index in [9.17, 15) is 0 Å². The van der Waals surface area contributed by atoms with E-state index >= 15 is 0 Å². The van der Waals surface area contributed by atoms with Crippen molar-refractivity contribution in [1.82, 2.24) is 0 Å². The SMILES string of the molecule is C1=C\c2cscc2CCOc2ccccc2O/C=C\c2cscc2CCOc2ccccc2O/1. The lowest BCUT2D eigenvalue weighted by Crippen LogP contribution is -2.03. The number of rotatable bonds is 0. The van der Waals surface area contributed by atoms with Gasteiger partial charge in [-0.3, -0.25) is 0 Å². The summed E-state index contributed by atoms with van der Waals surface area (Å²) in [5.41, 5.74) is 4.68. The molecule has 0 unspecified atom stereocenters. The van der Waals surface area contributed by atoms with Crippen LogP contribution in [-0.2, 0) is 12.8 Å². The minimum absolute atomic E-state index is 0.549. The number of thiophene rings is 2. The van der Waals surface area contributed by atoms with Crippen molar-refractivity contribution in [3.63, 3.8) is 0 Å². The topological polar surface area (TPSA) is 36.9 Å². The molecule has 0 fully saturated rings. The second-order valence-electron chi connectivity index (χ2n) is 7.64. The Morgan fingerprint density at radius 3 is 1.44 bits per heavy atom. The molecule has 4 nitrogen and oxygen atoms in total. The summed E-state index contributed by atoms with van der Waals surface area (Å²) in [7, 11) is 0. The van der Waals surface area contributed by atoms with Crippen LogP contribution in [0.1, 0.15) is 22.3 Å². The van der Waals surface area contributed by atoms with E-state index in [0.29, 0.717) is 24.7 Å². The quantitative estimate of drug-likeness (QED) is 0.257. The molecule has 6 heteroatoms. The smallest absolute Gasteiger partial charge is 0.168 e. The Hall–Kier alpha value is -3.48. The molecular weight excluding hydrogens is 464 g/mol. The molecule has 4 aromatic rings. The van der Waals surface area contributed by atoms with Gasteiger partial charge in [-0.05, 0) is 80.2 Å². The van der Waals surface area contributed by atoms with Gasteiger partial charge in [-0.25, -0.2) is 0 Å². The molecular formula is C28H24O4S2. The Kier molecular flexibility index (Phi) is 7.28. The second kappa shape index (κ2) is 11.1. The lowest BCUT2D eigenvalue weighted by molar-refractivity contribution is 0.305. The zero-order chi connectivity index (χ0) is 23.0. The largest absolute Gasteiger partial charge is 0.489 e. The van der Waals surface area contributed by atoms with Crippen molar-refractivity contribution in [1.29, 1.82) is 0 Å². The molecule has 2 aromatic carbocycles. The minimum atomic E-state index is 0.549. The van der Waals surface area contributed by atoms with Gasteiger partial charge in [0.2, 0.25) is 0 Å². The van der Waals surface area contributed by atoms with Crippen LogP contribution in [0.25, 0.3) is 12.2 Å². The summed E-state index contributed by atoms with van der Waals surface area (Å²) in [5.74, 6) is 2.85. The summed E-state index contributed by atoms with van der Waals surface area (Å²) < 4.78 is 24.0.